The summed E-state index contributed by atoms with van der Waals surface area (Å²) in [5.74, 6) is -0.232. The molecule has 0 aliphatic heterocycles. The Labute approximate surface area is 122 Å². The normalized spacial score (nSPS) is 29.9. The first-order valence-corrected chi connectivity index (χ1v) is 7.63. The topological polar surface area (TPSA) is 21.3 Å². The molecule has 3 atom stereocenters. The van der Waals surface area contributed by atoms with Crippen molar-refractivity contribution in [3.05, 3.63) is 28.5 Å². The molecule has 1 N–H and O–H groups in total. The average molecular weight is 330 g/mol. The molecular weight excluding hydrogens is 309 g/mol. The molecule has 4 heteroatoms. The van der Waals surface area contributed by atoms with Crippen LogP contribution in [-0.4, -0.2) is 18.8 Å². The maximum Gasteiger partial charge on any atom is 0.137 e. The van der Waals surface area contributed by atoms with Gasteiger partial charge in [0.15, 0.2) is 0 Å². The van der Waals surface area contributed by atoms with Crippen LogP contribution in [0.2, 0.25) is 0 Å². The summed E-state index contributed by atoms with van der Waals surface area (Å²) < 4.78 is 19.5. The molecule has 1 aliphatic carbocycles. The highest BCUT2D eigenvalue weighted by Gasteiger charge is 2.51. The molecule has 1 fully saturated rings. The number of hydrogen-bond donors (Lipinski definition) is 1. The molecule has 0 radical (unpaired) electrons. The summed E-state index contributed by atoms with van der Waals surface area (Å²) in [6.07, 6.45) is 2.40. The molecule has 0 aromatic heterocycles. The first kappa shape index (κ1) is 14.8. The van der Waals surface area contributed by atoms with Crippen LogP contribution in [0.1, 0.15) is 33.6 Å². The summed E-state index contributed by atoms with van der Waals surface area (Å²) in [6, 6.07) is 5.43. The second-order valence-electron chi connectivity index (χ2n) is 5.36. The molecule has 106 valence electrons. The zero-order chi connectivity index (χ0) is 14.0. The first-order valence-electron chi connectivity index (χ1n) is 6.84. The summed E-state index contributed by atoms with van der Waals surface area (Å²) in [6.45, 7) is 7.25. The fourth-order valence-corrected chi connectivity index (χ4v) is 3.14. The van der Waals surface area contributed by atoms with Crippen LogP contribution in [0.4, 0.5) is 10.1 Å². The molecule has 1 saturated carbocycles. The molecule has 1 aromatic carbocycles. The van der Waals surface area contributed by atoms with Crippen molar-refractivity contribution >= 4 is 21.6 Å². The lowest BCUT2D eigenvalue weighted by atomic mass is 9.61. The van der Waals surface area contributed by atoms with Crippen LogP contribution in [0.25, 0.3) is 0 Å². The zero-order valence-electron chi connectivity index (χ0n) is 11.7. The molecule has 3 unspecified atom stereocenters. The van der Waals surface area contributed by atoms with Crippen molar-refractivity contribution < 1.29 is 9.13 Å². The largest absolute Gasteiger partial charge is 0.382 e. The molecule has 0 spiro atoms. The van der Waals surface area contributed by atoms with E-state index in [0.29, 0.717) is 16.6 Å². The number of halogens is 2. The Balaban J connectivity index is 2.05. The second-order valence-corrected chi connectivity index (χ2v) is 6.22. The van der Waals surface area contributed by atoms with Gasteiger partial charge >= 0.3 is 0 Å². The summed E-state index contributed by atoms with van der Waals surface area (Å²) >= 11 is 3.22. The van der Waals surface area contributed by atoms with Gasteiger partial charge in [-0.2, -0.15) is 0 Å². The minimum atomic E-state index is -0.232. The van der Waals surface area contributed by atoms with Gasteiger partial charge in [-0.25, -0.2) is 4.39 Å². The Kier molecular flexibility index (Phi) is 4.51. The maximum atomic E-state index is 13.2. The van der Waals surface area contributed by atoms with E-state index in [1.807, 2.05) is 6.92 Å². The van der Waals surface area contributed by atoms with E-state index in [4.69, 9.17) is 4.74 Å². The highest BCUT2D eigenvalue weighted by molar-refractivity contribution is 9.10. The predicted molar refractivity (Wildman–Crippen MR) is 79.9 cm³/mol. The van der Waals surface area contributed by atoms with Crippen molar-refractivity contribution in [3.8, 4) is 0 Å². The van der Waals surface area contributed by atoms with Gasteiger partial charge in [0.05, 0.1) is 10.6 Å². The molecule has 1 aliphatic rings. The number of ether oxygens (including phenoxy) is 1. The van der Waals surface area contributed by atoms with Gasteiger partial charge in [0, 0.05) is 23.8 Å². The lowest BCUT2D eigenvalue weighted by Gasteiger charge is -2.54. The Morgan fingerprint density at radius 3 is 2.79 bits per heavy atom. The number of rotatable bonds is 5. The van der Waals surface area contributed by atoms with Gasteiger partial charge < -0.3 is 10.1 Å². The highest BCUT2D eigenvalue weighted by atomic mass is 79.9. The van der Waals surface area contributed by atoms with Crippen molar-refractivity contribution in [2.45, 2.75) is 45.8 Å². The monoisotopic (exact) mass is 329 g/mol. The fraction of sp³-hybridized carbons (Fsp3) is 0.600. The lowest BCUT2D eigenvalue weighted by molar-refractivity contribution is -0.109. The van der Waals surface area contributed by atoms with E-state index in [2.05, 4.69) is 35.1 Å². The summed E-state index contributed by atoms with van der Waals surface area (Å²) in [7, 11) is 0. The van der Waals surface area contributed by atoms with Crippen LogP contribution >= 0.6 is 15.9 Å². The van der Waals surface area contributed by atoms with Crippen molar-refractivity contribution in [2.24, 2.45) is 5.41 Å². The third-order valence-electron chi connectivity index (χ3n) is 4.37. The van der Waals surface area contributed by atoms with Gasteiger partial charge in [0.2, 0.25) is 0 Å². The van der Waals surface area contributed by atoms with Crippen molar-refractivity contribution in [3.63, 3.8) is 0 Å². The molecule has 0 bridgehead atoms. The number of nitrogens with one attached hydrogen (secondary N) is 1. The highest BCUT2D eigenvalue weighted by Crippen LogP contribution is 2.47. The van der Waals surface area contributed by atoms with Crippen LogP contribution in [0.15, 0.2) is 22.7 Å². The second kappa shape index (κ2) is 5.80. The Hall–Kier alpha value is -0.610. The van der Waals surface area contributed by atoms with Crippen LogP contribution in [0.5, 0.6) is 0 Å². The van der Waals surface area contributed by atoms with E-state index in [1.165, 1.54) is 6.07 Å². The predicted octanol–water partition coefficient (Wildman–Crippen LogP) is 4.59. The summed E-state index contributed by atoms with van der Waals surface area (Å²) in [5.41, 5.74) is 1.10. The van der Waals surface area contributed by atoms with Crippen LogP contribution < -0.4 is 5.32 Å². The molecule has 0 saturated heterocycles. The lowest BCUT2D eigenvalue weighted by Crippen LogP contribution is -2.59. The van der Waals surface area contributed by atoms with Crippen molar-refractivity contribution in [2.75, 3.05) is 11.9 Å². The van der Waals surface area contributed by atoms with E-state index >= 15 is 0 Å². The maximum absolute atomic E-state index is 13.2. The SMILES string of the molecule is CCOC1CC(Nc2ccc(F)c(Br)c2)C1(C)CC. The molecule has 1 aromatic rings. The summed E-state index contributed by atoms with van der Waals surface area (Å²) in [5, 5.41) is 3.50. The van der Waals surface area contributed by atoms with E-state index in [9.17, 15) is 4.39 Å². The molecule has 2 nitrogen and oxygen atoms in total. The molecular formula is C15H21BrFNO. The first-order chi connectivity index (χ1) is 9.01. The Morgan fingerprint density at radius 2 is 2.21 bits per heavy atom. The smallest absolute Gasteiger partial charge is 0.137 e. The third-order valence-corrected chi connectivity index (χ3v) is 4.98. The van der Waals surface area contributed by atoms with Crippen LogP contribution in [-0.2, 0) is 4.74 Å². The number of hydrogen-bond acceptors (Lipinski definition) is 2. The number of anilines is 1. The molecule has 2 rings (SSSR count). The van der Waals surface area contributed by atoms with E-state index in [1.54, 1.807) is 12.1 Å². The van der Waals surface area contributed by atoms with Crippen LogP contribution in [0, 0.1) is 11.2 Å². The quantitative estimate of drug-likeness (QED) is 0.852. The van der Waals surface area contributed by atoms with Gasteiger partial charge in [-0.15, -0.1) is 0 Å². The van der Waals surface area contributed by atoms with Crippen molar-refractivity contribution in [1.29, 1.82) is 0 Å². The Bertz CT molecular complexity index is 454. The van der Waals surface area contributed by atoms with Crippen molar-refractivity contribution in [1.82, 2.24) is 0 Å². The van der Waals surface area contributed by atoms with E-state index in [0.717, 1.165) is 25.1 Å². The van der Waals surface area contributed by atoms with Gasteiger partial charge in [-0.1, -0.05) is 13.8 Å². The van der Waals surface area contributed by atoms with Gasteiger partial charge in [-0.05, 0) is 53.9 Å². The summed E-state index contributed by atoms with van der Waals surface area (Å²) in [4.78, 5) is 0. The number of benzene rings is 1. The zero-order valence-corrected chi connectivity index (χ0v) is 13.3. The molecule has 0 heterocycles. The average Bonchev–Trinajstić information content (AvgIpc) is 2.40. The molecule has 19 heavy (non-hydrogen) atoms. The minimum Gasteiger partial charge on any atom is -0.382 e. The van der Waals surface area contributed by atoms with E-state index < -0.39 is 0 Å². The molecule has 0 amide bonds. The Morgan fingerprint density at radius 1 is 1.47 bits per heavy atom. The third kappa shape index (κ3) is 2.79. The van der Waals surface area contributed by atoms with Gasteiger partial charge in [0.25, 0.3) is 0 Å². The minimum absolute atomic E-state index is 0.150. The standard InChI is InChI=1S/C15H21BrFNO/c1-4-15(3)13(9-14(15)19-5-2)18-10-6-7-12(17)11(16)8-10/h6-8,13-14,18H,4-5,9H2,1-3H3. The van der Waals surface area contributed by atoms with E-state index in [-0.39, 0.29) is 11.2 Å². The fourth-order valence-electron chi connectivity index (χ4n) is 2.76. The van der Waals surface area contributed by atoms with Crippen LogP contribution in [0.3, 0.4) is 0 Å². The van der Waals surface area contributed by atoms with Gasteiger partial charge in [0.1, 0.15) is 5.82 Å². The van der Waals surface area contributed by atoms with Gasteiger partial charge in [-0.3, -0.25) is 0 Å².